The van der Waals surface area contributed by atoms with Crippen LogP contribution in [-0.2, 0) is 4.74 Å². The van der Waals surface area contributed by atoms with Gasteiger partial charge >= 0.3 is 0 Å². The Bertz CT molecular complexity index is 183. The Kier molecular flexibility index (Phi) is 8.30. The second-order valence-corrected chi connectivity index (χ2v) is 2.26. The maximum absolute atomic E-state index is 8.63. The minimum atomic E-state index is 0.133. The summed E-state index contributed by atoms with van der Waals surface area (Å²) in [5.74, 6) is 0.322. The molecule has 74 valence electrons. The molecule has 0 heterocycles. The predicted octanol–water partition coefficient (Wildman–Crippen LogP) is 1.41. The molecule has 0 aliphatic heterocycles. The van der Waals surface area contributed by atoms with Gasteiger partial charge < -0.3 is 14.9 Å². The van der Waals surface area contributed by atoms with Crippen LogP contribution in [0.3, 0.4) is 0 Å². The van der Waals surface area contributed by atoms with Crippen molar-refractivity contribution < 1.29 is 14.9 Å². The monoisotopic (exact) mass is 184 g/mol. The largest absolute Gasteiger partial charge is 0.508 e. The fraction of sp³-hybridized carbons (Fsp3) is 0.400. The quantitative estimate of drug-likeness (QED) is 0.698. The molecule has 0 unspecified atom stereocenters. The summed E-state index contributed by atoms with van der Waals surface area (Å²) < 4.78 is 4.73. The van der Waals surface area contributed by atoms with Crippen molar-refractivity contribution in [1.29, 1.82) is 0 Å². The number of aliphatic hydroxyl groups is 1. The van der Waals surface area contributed by atoms with Crippen molar-refractivity contribution in [3.8, 4) is 5.75 Å². The van der Waals surface area contributed by atoms with Gasteiger partial charge in [-0.15, -0.1) is 0 Å². The lowest BCUT2D eigenvalue weighted by Gasteiger charge is -1.91. The highest BCUT2D eigenvalue weighted by Gasteiger charge is 1.75. The first-order valence-corrected chi connectivity index (χ1v) is 4.23. The molecule has 0 fully saturated rings. The number of rotatable bonds is 3. The minimum Gasteiger partial charge on any atom is -0.508 e. The molecular formula is C10H16O3. The van der Waals surface area contributed by atoms with Crippen molar-refractivity contribution >= 4 is 0 Å². The Morgan fingerprint density at radius 2 is 1.85 bits per heavy atom. The maximum atomic E-state index is 8.63. The van der Waals surface area contributed by atoms with Gasteiger partial charge in [0.25, 0.3) is 0 Å². The number of phenols is 1. The van der Waals surface area contributed by atoms with Gasteiger partial charge in [-0.1, -0.05) is 18.2 Å². The van der Waals surface area contributed by atoms with Crippen LogP contribution < -0.4 is 0 Å². The highest BCUT2D eigenvalue weighted by atomic mass is 16.5. The van der Waals surface area contributed by atoms with Crippen molar-refractivity contribution in [3.05, 3.63) is 30.3 Å². The number of hydrogen-bond acceptors (Lipinski definition) is 3. The molecule has 1 aromatic rings. The third kappa shape index (κ3) is 8.85. The van der Waals surface area contributed by atoms with Crippen LogP contribution in [0.25, 0.3) is 0 Å². The molecule has 1 rings (SSSR count). The topological polar surface area (TPSA) is 49.7 Å². The zero-order chi connectivity index (χ0) is 9.94. The summed E-state index contributed by atoms with van der Waals surface area (Å²) in [6.07, 6.45) is 0. The van der Waals surface area contributed by atoms with Crippen molar-refractivity contribution in [2.75, 3.05) is 19.8 Å². The number of aliphatic hydroxyl groups excluding tert-OH is 1. The Labute approximate surface area is 78.6 Å². The molecule has 0 bridgehead atoms. The summed E-state index contributed by atoms with van der Waals surface area (Å²) in [4.78, 5) is 0. The van der Waals surface area contributed by atoms with Gasteiger partial charge in [0.2, 0.25) is 0 Å². The van der Waals surface area contributed by atoms with Crippen molar-refractivity contribution in [1.82, 2.24) is 0 Å². The van der Waals surface area contributed by atoms with E-state index in [0.717, 1.165) is 0 Å². The average molecular weight is 184 g/mol. The number of para-hydroxylation sites is 1. The molecule has 13 heavy (non-hydrogen) atoms. The molecule has 0 aliphatic rings. The average Bonchev–Trinajstić information content (AvgIpc) is 2.17. The highest BCUT2D eigenvalue weighted by molar-refractivity contribution is 5.18. The fourth-order valence-corrected chi connectivity index (χ4v) is 0.637. The van der Waals surface area contributed by atoms with Gasteiger partial charge in [0.15, 0.2) is 0 Å². The van der Waals surface area contributed by atoms with Crippen LogP contribution in [0.5, 0.6) is 5.75 Å². The zero-order valence-corrected chi connectivity index (χ0v) is 7.81. The first-order valence-electron chi connectivity index (χ1n) is 4.23. The number of ether oxygens (including phenoxy) is 1. The van der Waals surface area contributed by atoms with Crippen molar-refractivity contribution in [3.63, 3.8) is 0 Å². The van der Waals surface area contributed by atoms with Gasteiger partial charge in [-0.05, 0) is 19.1 Å². The van der Waals surface area contributed by atoms with Crippen LogP contribution in [0.1, 0.15) is 6.92 Å². The summed E-state index contributed by atoms with van der Waals surface area (Å²) in [6, 6.07) is 8.71. The molecular weight excluding hydrogens is 168 g/mol. The Hall–Kier alpha value is -1.06. The summed E-state index contributed by atoms with van der Waals surface area (Å²) in [5.41, 5.74) is 0. The molecule has 1 aromatic carbocycles. The van der Waals surface area contributed by atoms with Gasteiger partial charge in [0, 0.05) is 6.61 Å². The van der Waals surface area contributed by atoms with E-state index in [9.17, 15) is 0 Å². The van der Waals surface area contributed by atoms with E-state index in [-0.39, 0.29) is 6.61 Å². The van der Waals surface area contributed by atoms with E-state index in [2.05, 4.69) is 0 Å². The number of aromatic hydroxyl groups is 1. The lowest BCUT2D eigenvalue weighted by Crippen LogP contribution is -1.96. The molecule has 2 N–H and O–H groups in total. The summed E-state index contributed by atoms with van der Waals surface area (Å²) in [7, 11) is 0. The van der Waals surface area contributed by atoms with Crippen LogP contribution in [0.4, 0.5) is 0 Å². The Morgan fingerprint density at radius 1 is 1.23 bits per heavy atom. The van der Waals surface area contributed by atoms with E-state index in [4.69, 9.17) is 14.9 Å². The summed E-state index contributed by atoms with van der Waals surface area (Å²) in [5, 5.41) is 16.7. The van der Waals surface area contributed by atoms with Gasteiger partial charge in [-0.25, -0.2) is 0 Å². The molecule has 3 heteroatoms. The molecule has 0 atom stereocenters. The lowest BCUT2D eigenvalue weighted by molar-refractivity contribution is 0.102. The van der Waals surface area contributed by atoms with Crippen LogP contribution in [0.15, 0.2) is 30.3 Å². The minimum absolute atomic E-state index is 0.133. The first kappa shape index (κ1) is 11.9. The van der Waals surface area contributed by atoms with E-state index >= 15 is 0 Å². The Balaban J connectivity index is 0.000000226. The Morgan fingerprint density at radius 3 is 2.08 bits per heavy atom. The van der Waals surface area contributed by atoms with Crippen molar-refractivity contribution in [2.24, 2.45) is 0 Å². The van der Waals surface area contributed by atoms with E-state index in [1.54, 1.807) is 24.3 Å². The van der Waals surface area contributed by atoms with Gasteiger partial charge in [-0.2, -0.15) is 0 Å². The number of benzene rings is 1. The van der Waals surface area contributed by atoms with E-state index in [0.29, 0.717) is 19.0 Å². The molecule has 0 radical (unpaired) electrons. The molecule has 0 aliphatic carbocycles. The molecule has 0 amide bonds. The first-order chi connectivity index (χ1) is 6.31. The van der Waals surface area contributed by atoms with E-state index in [1.807, 2.05) is 13.0 Å². The summed E-state index contributed by atoms with van der Waals surface area (Å²) >= 11 is 0. The van der Waals surface area contributed by atoms with Crippen LogP contribution in [0, 0.1) is 0 Å². The fourth-order valence-electron chi connectivity index (χ4n) is 0.637. The normalized spacial score (nSPS) is 8.77. The van der Waals surface area contributed by atoms with Gasteiger partial charge in [-0.3, -0.25) is 0 Å². The SMILES string of the molecule is CCOCCO.Oc1ccccc1. The molecule has 0 aromatic heterocycles. The highest BCUT2D eigenvalue weighted by Crippen LogP contribution is 2.02. The maximum Gasteiger partial charge on any atom is 0.115 e. The van der Waals surface area contributed by atoms with Crippen LogP contribution in [0.2, 0.25) is 0 Å². The second kappa shape index (κ2) is 9.03. The van der Waals surface area contributed by atoms with E-state index in [1.165, 1.54) is 0 Å². The smallest absolute Gasteiger partial charge is 0.115 e. The molecule has 3 nitrogen and oxygen atoms in total. The van der Waals surface area contributed by atoms with Crippen LogP contribution >= 0.6 is 0 Å². The third-order valence-corrected chi connectivity index (χ3v) is 1.20. The number of phenolic OH excluding ortho intramolecular Hbond substituents is 1. The zero-order valence-electron chi connectivity index (χ0n) is 7.81. The second-order valence-electron chi connectivity index (χ2n) is 2.26. The van der Waals surface area contributed by atoms with E-state index < -0.39 is 0 Å². The van der Waals surface area contributed by atoms with Gasteiger partial charge in [0.1, 0.15) is 5.75 Å². The molecule has 0 spiro atoms. The molecule has 0 saturated carbocycles. The third-order valence-electron chi connectivity index (χ3n) is 1.20. The summed E-state index contributed by atoms with van der Waals surface area (Å²) in [6.45, 7) is 3.20. The predicted molar refractivity (Wildman–Crippen MR) is 51.7 cm³/mol. The van der Waals surface area contributed by atoms with Crippen molar-refractivity contribution in [2.45, 2.75) is 6.92 Å². The lowest BCUT2D eigenvalue weighted by atomic mass is 10.3. The number of hydrogen-bond donors (Lipinski definition) is 2. The van der Waals surface area contributed by atoms with Crippen LogP contribution in [-0.4, -0.2) is 30.0 Å². The standard InChI is InChI=1S/C6H6O.C4H10O2/c7-6-4-2-1-3-5-6;1-2-6-4-3-5/h1-5,7H;5H,2-4H2,1H3. The molecule has 0 saturated heterocycles. The van der Waals surface area contributed by atoms with Gasteiger partial charge in [0.05, 0.1) is 13.2 Å².